The quantitative estimate of drug-likeness (QED) is 0.626. The molecule has 0 heteroatoms. The molecule has 0 heterocycles. The first-order valence-electron chi connectivity index (χ1n) is 6.78. The predicted octanol–water partition coefficient (Wildman–Crippen LogP) is 5.17. The number of allylic oxidation sites excluding steroid dienone is 1. The van der Waals surface area contributed by atoms with Crippen LogP contribution >= 0.6 is 0 Å². The van der Waals surface area contributed by atoms with Crippen molar-refractivity contribution in [2.75, 3.05) is 0 Å². The van der Waals surface area contributed by atoms with E-state index in [0.29, 0.717) is 5.41 Å². The molecule has 1 aliphatic carbocycles. The molecule has 1 aliphatic rings. The van der Waals surface area contributed by atoms with Gasteiger partial charge in [-0.15, -0.1) is 6.58 Å². The molecule has 0 unspecified atom stereocenters. The average Bonchev–Trinajstić information content (AvgIpc) is 2.32. The lowest BCUT2D eigenvalue weighted by Crippen LogP contribution is -2.28. The maximum atomic E-state index is 3.92. The minimum absolute atomic E-state index is 0.498. The summed E-state index contributed by atoms with van der Waals surface area (Å²) in [7, 11) is 0. The summed E-state index contributed by atoms with van der Waals surface area (Å²) in [4.78, 5) is 0. The minimum atomic E-state index is 0.498. The second-order valence-electron chi connectivity index (χ2n) is 6.21. The highest BCUT2D eigenvalue weighted by Crippen LogP contribution is 2.47. The highest BCUT2D eigenvalue weighted by Gasteiger charge is 2.34. The van der Waals surface area contributed by atoms with E-state index in [1.54, 1.807) is 0 Å². The predicted molar refractivity (Wildman–Crippen MR) is 75.1 cm³/mol. The molecule has 0 amide bonds. The molecule has 17 heavy (non-hydrogen) atoms. The van der Waals surface area contributed by atoms with Crippen LogP contribution in [0.5, 0.6) is 0 Å². The van der Waals surface area contributed by atoms with Crippen LogP contribution in [-0.2, 0) is 0 Å². The van der Waals surface area contributed by atoms with E-state index in [0.717, 1.165) is 18.3 Å². The first kappa shape index (κ1) is 12.4. The highest BCUT2D eigenvalue weighted by atomic mass is 14.4. The molecule has 0 saturated heterocycles. The van der Waals surface area contributed by atoms with Crippen LogP contribution in [0.1, 0.15) is 51.0 Å². The zero-order valence-electron chi connectivity index (χ0n) is 11.2. The lowest BCUT2D eigenvalue weighted by atomic mass is 9.64. The topological polar surface area (TPSA) is 0 Å². The van der Waals surface area contributed by atoms with E-state index in [1.807, 2.05) is 0 Å². The van der Waals surface area contributed by atoms with E-state index in [1.165, 1.54) is 24.8 Å². The fourth-order valence-corrected chi connectivity index (χ4v) is 3.23. The second kappa shape index (κ2) is 5.08. The number of hydrogen-bond donors (Lipinski definition) is 0. The van der Waals surface area contributed by atoms with Crippen LogP contribution < -0.4 is 0 Å². The Morgan fingerprint density at radius 3 is 2.65 bits per heavy atom. The third kappa shape index (κ3) is 3.00. The van der Waals surface area contributed by atoms with Crippen LogP contribution in [0.25, 0.3) is 0 Å². The molecule has 2 rings (SSSR count). The summed E-state index contributed by atoms with van der Waals surface area (Å²) in [5.74, 6) is 1.51. The van der Waals surface area contributed by atoms with Crippen molar-refractivity contribution >= 4 is 0 Å². The zero-order chi connectivity index (χ0) is 12.3. The van der Waals surface area contributed by atoms with Crippen LogP contribution in [0.15, 0.2) is 43.0 Å². The molecule has 0 bridgehead atoms. The summed E-state index contributed by atoms with van der Waals surface area (Å²) < 4.78 is 0. The Morgan fingerprint density at radius 2 is 2.00 bits per heavy atom. The maximum absolute atomic E-state index is 3.92. The van der Waals surface area contributed by atoms with Crippen molar-refractivity contribution in [2.45, 2.75) is 45.4 Å². The Kier molecular flexibility index (Phi) is 3.71. The van der Waals surface area contributed by atoms with Crippen LogP contribution in [0.2, 0.25) is 0 Å². The molecule has 2 atom stereocenters. The van der Waals surface area contributed by atoms with E-state index in [2.05, 4.69) is 56.8 Å². The van der Waals surface area contributed by atoms with Crippen LogP contribution in [0, 0.1) is 11.3 Å². The summed E-state index contributed by atoms with van der Waals surface area (Å²) in [6, 6.07) is 11.0. The van der Waals surface area contributed by atoms with Gasteiger partial charge in [0, 0.05) is 0 Å². The Labute approximate surface area is 106 Å². The zero-order valence-corrected chi connectivity index (χ0v) is 11.2. The summed E-state index contributed by atoms with van der Waals surface area (Å²) >= 11 is 0. The van der Waals surface area contributed by atoms with Crippen molar-refractivity contribution < 1.29 is 0 Å². The SMILES string of the molecule is C=CC[C@H]1CCC(C)(C)C[C@@H]1c1ccccc1. The normalized spacial score (nSPS) is 27.6. The van der Waals surface area contributed by atoms with Gasteiger partial charge in [-0.25, -0.2) is 0 Å². The van der Waals surface area contributed by atoms with Gasteiger partial charge in [0.1, 0.15) is 0 Å². The molecule has 0 radical (unpaired) electrons. The summed E-state index contributed by atoms with van der Waals surface area (Å²) in [5.41, 5.74) is 2.02. The van der Waals surface area contributed by atoms with Crippen molar-refractivity contribution in [1.82, 2.24) is 0 Å². The van der Waals surface area contributed by atoms with E-state index >= 15 is 0 Å². The number of benzene rings is 1. The third-order valence-electron chi connectivity index (χ3n) is 4.23. The first-order valence-corrected chi connectivity index (χ1v) is 6.78. The molecule has 1 saturated carbocycles. The highest BCUT2D eigenvalue weighted by molar-refractivity contribution is 5.21. The standard InChI is InChI=1S/C17H24/c1-4-8-14-11-12-17(2,3)13-16(14)15-9-6-5-7-10-15/h4-7,9-10,14,16H,1,8,11-13H2,2-3H3/t14-,16-/m0/s1. The summed E-state index contributed by atoms with van der Waals surface area (Å²) in [6.45, 7) is 8.74. The molecule has 1 aromatic carbocycles. The smallest absolute Gasteiger partial charge is 0.0126 e. The molecule has 0 nitrogen and oxygen atoms in total. The molecular weight excluding hydrogens is 204 g/mol. The van der Waals surface area contributed by atoms with Crippen molar-refractivity contribution in [3.63, 3.8) is 0 Å². The van der Waals surface area contributed by atoms with Crippen molar-refractivity contribution in [3.05, 3.63) is 48.6 Å². The fourth-order valence-electron chi connectivity index (χ4n) is 3.23. The van der Waals surface area contributed by atoms with Gasteiger partial charge in [-0.05, 0) is 48.5 Å². The van der Waals surface area contributed by atoms with E-state index < -0.39 is 0 Å². The molecular formula is C17H24. The number of rotatable bonds is 3. The lowest BCUT2D eigenvalue weighted by Gasteiger charge is -2.41. The van der Waals surface area contributed by atoms with E-state index in [4.69, 9.17) is 0 Å². The number of hydrogen-bond acceptors (Lipinski definition) is 0. The van der Waals surface area contributed by atoms with Gasteiger partial charge in [0.15, 0.2) is 0 Å². The van der Waals surface area contributed by atoms with Crippen LogP contribution in [0.4, 0.5) is 0 Å². The van der Waals surface area contributed by atoms with E-state index in [-0.39, 0.29) is 0 Å². The Bertz CT molecular complexity index is 361. The van der Waals surface area contributed by atoms with Gasteiger partial charge in [-0.3, -0.25) is 0 Å². The molecule has 0 aromatic heterocycles. The molecule has 0 N–H and O–H groups in total. The molecule has 0 spiro atoms. The summed E-state index contributed by atoms with van der Waals surface area (Å²) in [5, 5.41) is 0. The molecule has 1 fully saturated rings. The van der Waals surface area contributed by atoms with E-state index in [9.17, 15) is 0 Å². The van der Waals surface area contributed by atoms with Crippen LogP contribution in [-0.4, -0.2) is 0 Å². The largest absolute Gasteiger partial charge is 0.103 e. The second-order valence-corrected chi connectivity index (χ2v) is 6.21. The average molecular weight is 228 g/mol. The van der Waals surface area contributed by atoms with Gasteiger partial charge >= 0.3 is 0 Å². The fraction of sp³-hybridized carbons (Fsp3) is 0.529. The van der Waals surface area contributed by atoms with Crippen molar-refractivity contribution in [3.8, 4) is 0 Å². The van der Waals surface area contributed by atoms with Gasteiger partial charge in [0.2, 0.25) is 0 Å². The maximum Gasteiger partial charge on any atom is -0.0126 e. The van der Waals surface area contributed by atoms with Gasteiger partial charge in [-0.1, -0.05) is 50.3 Å². The van der Waals surface area contributed by atoms with Crippen molar-refractivity contribution in [2.24, 2.45) is 11.3 Å². The monoisotopic (exact) mass is 228 g/mol. The Balaban J connectivity index is 2.22. The summed E-state index contributed by atoms with van der Waals surface area (Å²) in [6.07, 6.45) is 7.28. The van der Waals surface area contributed by atoms with Gasteiger partial charge in [-0.2, -0.15) is 0 Å². The third-order valence-corrected chi connectivity index (χ3v) is 4.23. The lowest BCUT2D eigenvalue weighted by molar-refractivity contribution is 0.163. The van der Waals surface area contributed by atoms with Gasteiger partial charge in [0.25, 0.3) is 0 Å². The van der Waals surface area contributed by atoms with Crippen molar-refractivity contribution in [1.29, 1.82) is 0 Å². The van der Waals surface area contributed by atoms with Gasteiger partial charge < -0.3 is 0 Å². The Hall–Kier alpha value is -1.04. The molecule has 0 aliphatic heterocycles. The van der Waals surface area contributed by atoms with Crippen LogP contribution in [0.3, 0.4) is 0 Å². The Morgan fingerprint density at radius 1 is 1.29 bits per heavy atom. The molecule has 92 valence electrons. The first-order chi connectivity index (χ1) is 8.12. The minimum Gasteiger partial charge on any atom is -0.103 e. The molecule has 1 aromatic rings. The van der Waals surface area contributed by atoms with Gasteiger partial charge in [0.05, 0.1) is 0 Å².